The molecule has 0 spiro atoms. The van der Waals surface area contributed by atoms with Crippen LogP contribution in [0.2, 0.25) is 0 Å². The lowest BCUT2D eigenvalue weighted by molar-refractivity contribution is -0.385. The van der Waals surface area contributed by atoms with Gasteiger partial charge in [0.05, 0.1) is 11.0 Å². The maximum atomic E-state index is 13.8. The van der Waals surface area contributed by atoms with Crippen molar-refractivity contribution in [2.24, 2.45) is 0 Å². The van der Waals surface area contributed by atoms with Crippen LogP contribution < -0.4 is 4.74 Å². The fourth-order valence-corrected chi connectivity index (χ4v) is 1.90. The molecule has 0 atom stereocenters. The molecule has 3 aromatic rings. The van der Waals surface area contributed by atoms with Crippen LogP contribution in [-0.2, 0) is 0 Å². The Hall–Kier alpha value is -3.29. The standard InChI is InChI=1S/C15H10FN3O4/c1-9-17-15(18-23-9)10-2-5-12(6-3-10)22-14-7-4-11(19(20)21)8-13(14)16/h2-8H,1H3. The van der Waals surface area contributed by atoms with E-state index < -0.39 is 10.7 Å². The molecule has 0 saturated carbocycles. The van der Waals surface area contributed by atoms with E-state index in [1.54, 1.807) is 31.2 Å². The summed E-state index contributed by atoms with van der Waals surface area (Å²) in [6.07, 6.45) is 0. The van der Waals surface area contributed by atoms with Gasteiger partial charge in [-0.1, -0.05) is 5.16 Å². The van der Waals surface area contributed by atoms with Gasteiger partial charge in [-0.3, -0.25) is 10.1 Å². The predicted molar refractivity (Wildman–Crippen MR) is 77.6 cm³/mol. The van der Waals surface area contributed by atoms with Gasteiger partial charge >= 0.3 is 0 Å². The van der Waals surface area contributed by atoms with Crippen molar-refractivity contribution in [3.05, 3.63) is 64.3 Å². The van der Waals surface area contributed by atoms with Crippen LogP contribution in [0.25, 0.3) is 11.4 Å². The van der Waals surface area contributed by atoms with Crippen molar-refractivity contribution in [2.75, 3.05) is 0 Å². The molecule has 1 aromatic heterocycles. The smallest absolute Gasteiger partial charge is 0.272 e. The Morgan fingerprint density at radius 3 is 2.52 bits per heavy atom. The van der Waals surface area contributed by atoms with E-state index in [4.69, 9.17) is 9.26 Å². The van der Waals surface area contributed by atoms with Crippen molar-refractivity contribution in [2.45, 2.75) is 6.92 Å². The Labute approximate surface area is 129 Å². The Bertz CT molecular complexity index is 861. The van der Waals surface area contributed by atoms with Crippen molar-refractivity contribution in [3.8, 4) is 22.9 Å². The molecule has 3 rings (SSSR count). The molecular formula is C15H10FN3O4. The van der Waals surface area contributed by atoms with Crippen molar-refractivity contribution in [1.82, 2.24) is 10.1 Å². The Balaban J connectivity index is 1.79. The number of aromatic nitrogens is 2. The molecule has 8 heteroatoms. The average molecular weight is 315 g/mol. The summed E-state index contributed by atoms with van der Waals surface area (Å²) >= 11 is 0. The summed E-state index contributed by atoms with van der Waals surface area (Å²) in [7, 11) is 0. The first-order valence-corrected chi connectivity index (χ1v) is 6.55. The zero-order valence-electron chi connectivity index (χ0n) is 11.9. The molecule has 0 N–H and O–H groups in total. The first kappa shape index (κ1) is 14.6. The molecule has 1 heterocycles. The first-order chi connectivity index (χ1) is 11.0. The summed E-state index contributed by atoms with van der Waals surface area (Å²) < 4.78 is 24.1. The quantitative estimate of drug-likeness (QED) is 0.536. The van der Waals surface area contributed by atoms with Crippen molar-refractivity contribution in [1.29, 1.82) is 0 Å². The highest BCUT2D eigenvalue weighted by Crippen LogP contribution is 2.28. The molecule has 0 radical (unpaired) electrons. The van der Waals surface area contributed by atoms with E-state index in [2.05, 4.69) is 10.1 Å². The number of nitrogens with zero attached hydrogens (tertiary/aromatic N) is 3. The minimum Gasteiger partial charge on any atom is -0.454 e. The van der Waals surface area contributed by atoms with Crippen LogP contribution in [-0.4, -0.2) is 15.1 Å². The minimum atomic E-state index is -0.808. The number of hydrogen-bond donors (Lipinski definition) is 0. The van der Waals surface area contributed by atoms with Gasteiger partial charge in [0.15, 0.2) is 11.6 Å². The molecule has 0 aliphatic heterocycles. The second kappa shape index (κ2) is 5.84. The predicted octanol–water partition coefficient (Wildman–Crippen LogP) is 3.88. The molecule has 0 amide bonds. The van der Waals surface area contributed by atoms with Gasteiger partial charge in [0, 0.05) is 18.6 Å². The van der Waals surface area contributed by atoms with E-state index in [-0.39, 0.29) is 11.4 Å². The van der Waals surface area contributed by atoms with Gasteiger partial charge in [-0.15, -0.1) is 0 Å². The van der Waals surface area contributed by atoms with Gasteiger partial charge < -0.3 is 9.26 Å². The number of benzene rings is 2. The van der Waals surface area contributed by atoms with Crippen LogP contribution >= 0.6 is 0 Å². The molecule has 0 bridgehead atoms. The van der Waals surface area contributed by atoms with E-state index in [0.717, 1.165) is 11.6 Å². The third-order valence-electron chi connectivity index (χ3n) is 2.99. The third kappa shape index (κ3) is 3.15. The Morgan fingerprint density at radius 1 is 1.22 bits per heavy atom. The fourth-order valence-electron chi connectivity index (χ4n) is 1.90. The zero-order chi connectivity index (χ0) is 16.4. The highest BCUT2D eigenvalue weighted by atomic mass is 19.1. The Kier molecular flexibility index (Phi) is 3.71. The number of aryl methyl sites for hydroxylation is 1. The van der Waals surface area contributed by atoms with E-state index in [1.165, 1.54) is 12.1 Å². The van der Waals surface area contributed by atoms with Gasteiger partial charge in [-0.2, -0.15) is 4.98 Å². The summed E-state index contributed by atoms with van der Waals surface area (Å²) in [5.74, 6) is 0.362. The monoisotopic (exact) mass is 315 g/mol. The number of rotatable bonds is 4. The molecule has 0 unspecified atom stereocenters. The van der Waals surface area contributed by atoms with Crippen LogP contribution in [0.5, 0.6) is 11.5 Å². The molecule has 0 saturated heterocycles. The lowest BCUT2D eigenvalue weighted by Crippen LogP contribution is -1.92. The van der Waals surface area contributed by atoms with Gasteiger partial charge in [0.1, 0.15) is 5.75 Å². The van der Waals surface area contributed by atoms with E-state index in [9.17, 15) is 14.5 Å². The summed E-state index contributed by atoms with van der Waals surface area (Å²) in [5.41, 5.74) is 0.385. The van der Waals surface area contributed by atoms with E-state index in [0.29, 0.717) is 17.5 Å². The van der Waals surface area contributed by atoms with Crippen LogP contribution in [0, 0.1) is 22.9 Å². The van der Waals surface area contributed by atoms with Gasteiger partial charge in [-0.05, 0) is 30.3 Å². The number of halogens is 1. The topological polar surface area (TPSA) is 91.3 Å². The fraction of sp³-hybridized carbons (Fsp3) is 0.0667. The van der Waals surface area contributed by atoms with Crippen LogP contribution in [0.4, 0.5) is 10.1 Å². The lowest BCUT2D eigenvalue weighted by atomic mass is 10.2. The normalized spacial score (nSPS) is 10.5. The van der Waals surface area contributed by atoms with Crippen molar-refractivity contribution in [3.63, 3.8) is 0 Å². The molecule has 0 aliphatic rings. The lowest BCUT2D eigenvalue weighted by Gasteiger charge is -2.06. The molecule has 0 aliphatic carbocycles. The molecule has 7 nitrogen and oxygen atoms in total. The Morgan fingerprint density at radius 2 is 1.96 bits per heavy atom. The average Bonchev–Trinajstić information content (AvgIpc) is 2.96. The third-order valence-corrected chi connectivity index (χ3v) is 2.99. The van der Waals surface area contributed by atoms with Crippen LogP contribution in [0.15, 0.2) is 47.0 Å². The van der Waals surface area contributed by atoms with E-state index >= 15 is 0 Å². The summed E-state index contributed by atoms with van der Waals surface area (Å²) in [6, 6.07) is 9.82. The van der Waals surface area contributed by atoms with E-state index in [1.807, 2.05) is 0 Å². The highest BCUT2D eigenvalue weighted by molar-refractivity contribution is 5.55. The van der Waals surface area contributed by atoms with Crippen LogP contribution in [0.1, 0.15) is 5.89 Å². The van der Waals surface area contributed by atoms with Crippen LogP contribution in [0.3, 0.4) is 0 Å². The first-order valence-electron chi connectivity index (χ1n) is 6.55. The zero-order valence-corrected chi connectivity index (χ0v) is 11.9. The number of non-ortho nitro benzene ring substituents is 1. The summed E-state index contributed by atoms with van der Waals surface area (Å²) in [6.45, 7) is 1.69. The number of ether oxygens (including phenoxy) is 1. The molecule has 116 valence electrons. The number of nitro benzene ring substituents is 1. The van der Waals surface area contributed by atoms with Crippen molar-refractivity contribution < 1.29 is 18.6 Å². The maximum absolute atomic E-state index is 13.8. The number of nitro groups is 1. The molecule has 2 aromatic carbocycles. The minimum absolute atomic E-state index is 0.0984. The maximum Gasteiger partial charge on any atom is 0.272 e. The second-order valence-electron chi connectivity index (χ2n) is 4.64. The number of hydrogen-bond acceptors (Lipinski definition) is 6. The van der Waals surface area contributed by atoms with Gasteiger partial charge in [0.25, 0.3) is 5.69 Å². The summed E-state index contributed by atoms with van der Waals surface area (Å²) in [4.78, 5) is 14.0. The SMILES string of the molecule is Cc1nc(-c2ccc(Oc3ccc([N+](=O)[O-])cc3F)cc2)no1. The largest absolute Gasteiger partial charge is 0.454 e. The highest BCUT2D eigenvalue weighted by Gasteiger charge is 2.12. The van der Waals surface area contributed by atoms with Crippen molar-refractivity contribution >= 4 is 5.69 Å². The molecular weight excluding hydrogens is 305 g/mol. The molecule has 0 fully saturated rings. The van der Waals surface area contributed by atoms with Gasteiger partial charge in [0.2, 0.25) is 11.7 Å². The van der Waals surface area contributed by atoms with Gasteiger partial charge in [-0.25, -0.2) is 4.39 Å². The molecule has 23 heavy (non-hydrogen) atoms. The second-order valence-corrected chi connectivity index (χ2v) is 4.64. The summed E-state index contributed by atoms with van der Waals surface area (Å²) in [5, 5.41) is 14.4.